The normalized spacial score (nSPS) is 12.5. The maximum absolute atomic E-state index is 13.7. The smallest absolute Gasteiger partial charge is 0.282 e. The Kier molecular flexibility index (Phi) is 6.57. The number of para-hydroxylation sites is 3. The second-order valence-corrected chi connectivity index (χ2v) is 8.73. The van der Waals surface area contributed by atoms with Crippen molar-refractivity contribution in [2.24, 2.45) is 0 Å². The van der Waals surface area contributed by atoms with E-state index >= 15 is 0 Å². The van der Waals surface area contributed by atoms with Gasteiger partial charge in [0.15, 0.2) is 0 Å². The monoisotopic (exact) mass is 509 g/mol. The molecule has 3 amide bonds. The fourth-order valence-corrected chi connectivity index (χ4v) is 4.81. The molecule has 0 bridgehead atoms. The van der Waals surface area contributed by atoms with E-state index in [0.29, 0.717) is 28.0 Å². The molecule has 0 aromatic heterocycles. The Labute approximate surface area is 218 Å². The van der Waals surface area contributed by atoms with Crippen molar-refractivity contribution in [3.05, 3.63) is 112 Å². The molecular weight excluding hydrogens is 486 g/mol. The van der Waals surface area contributed by atoms with Crippen LogP contribution >= 0.6 is 0 Å². The van der Waals surface area contributed by atoms with Gasteiger partial charge in [-0.3, -0.25) is 29.4 Å². The standard InChI is InChI=1S/C29H23N3O6/c1-38-25-16-5-4-15-24(25)30(27(33)20-11-2-3-14-23(20)32(36)37)17-8-18-31-28(34)21-12-6-9-19-10-7-13-22(26(19)21)29(31)35/h2-7,9-16H,8,17-18H2,1H3. The Morgan fingerprint density at radius 2 is 1.53 bits per heavy atom. The van der Waals surface area contributed by atoms with Gasteiger partial charge in [-0.25, -0.2) is 0 Å². The number of methoxy groups -OCH3 is 1. The molecule has 9 heteroatoms. The van der Waals surface area contributed by atoms with Crippen molar-refractivity contribution in [1.82, 2.24) is 4.90 Å². The molecule has 1 heterocycles. The number of anilines is 1. The van der Waals surface area contributed by atoms with Crippen LogP contribution < -0.4 is 9.64 Å². The minimum Gasteiger partial charge on any atom is -0.495 e. The lowest BCUT2D eigenvalue weighted by atomic mass is 9.94. The third-order valence-electron chi connectivity index (χ3n) is 6.57. The Morgan fingerprint density at radius 1 is 0.895 bits per heavy atom. The van der Waals surface area contributed by atoms with E-state index in [1.165, 1.54) is 35.1 Å². The first-order chi connectivity index (χ1) is 18.4. The van der Waals surface area contributed by atoms with Crippen LogP contribution in [0.15, 0.2) is 84.9 Å². The summed E-state index contributed by atoms with van der Waals surface area (Å²) in [5.41, 5.74) is 0.938. The van der Waals surface area contributed by atoms with Crippen LogP contribution in [0.5, 0.6) is 5.75 Å². The second kappa shape index (κ2) is 10.1. The fraction of sp³-hybridized carbons (Fsp3) is 0.138. The van der Waals surface area contributed by atoms with Crippen molar-refractivity contribution in [2.45, 2.75) is 6.42 Å². The van der Waals surface area contributed by atoms with Gasteiger partial charge < -0.3 is 9.64 Å². The summed E-state index contributed by atoms with van der Waals surface area (Å²) in [7, 11) is 1.47. The van der Waals surface area contributed by atoms with Crippen molar-refractivity contribution in [2.75, 3.05) is 25.1 Å². The van der Waals surface area contributed by atoms with Crippen LogP contribution in [0.3, 0.4) is 0 Å². The number of ether oxygens (including phenoxy) is 1. The molecule has 4 aromatic carbocycles. The molecular formula is C29H23N3O6. The number of hydrogen-bond donors (Lipinski definition) is 0. The predicted molar refractivity (Wildman–Crippen MR) is 142 cm³/mol. The van der Waals surface area contributed by atoms with Crippen molar-refractivity contribution in [3.63, 3.8) is 0 Å². The number of carbonyl (C=O) groups is 3. The van der Waals surface area contributed by atoms with Crippen LogP contribution in [0.25, 0.3) is 10.8 Å². The summed E-state index contributed by atoms with van der Waals surface area (Å²) in [5, 5.41) is 13.1. The van der Waals surface area contributed by atoms with Gasteiger partial charge in [0.05, 0.1) is 17.7 Å². The summed E-state index contributed by atoms with van der Waals surface area (Å²) >= 11 is 0. The number of amides is 3. The fourth-order valence-electron chi connectivity index (χ4n) is 4.81. The van der Waals surface area contributed by atoms with Gasteiger partial charge in [0, 0.05) is 35.7 Å². The highest BCUT2D eigenvalue weighted by Gasteiger charge is 2.33. The zero-order chi connectivity index (χ0) is 26.8. The molecule has 0 aliphatic carbocycles. The summed E-state index contributed by atoms with van der Waals surface area (Å²) in [6, 6.07) is 23.3. The van der Waals surface area contributed by atoms with Crippen LogP contribution in [0.4, 0.5) is 11.4 Å². The Bertz CT molecular complexity index is 1550. The first-order valence-corrected chi connectivity index (χ1v) is 12.0. The lowest BCUT2D eigenvalue weighted by Gasteiger charge is -2.29. The number of nitro groups is 1. The topological polar surface area (TPSA) is 110 Å². The summed E-state index contributed by atoms with van der Waals surface area (Å²) in [6.45, 7) is 0.131. The molecule has 0 atom stereocenters. The number of carbonyl (C=O) groups excluding carboxylic acids is 3. The zero-order valence-corrected chi connectivity index (χ0v) is 20.5. The molecule has 4 aromatic rings. The molecule has 0 saturated heterocycles. The first kappa shape index (κ1) is 24.6. The summed E-state index contributed by atoms with van der Waals surface area (Å²) < 4.78 is 5.45. The minimum atomic E-state index is -0.600. The van der Waals surface area contributed by atoms with Gasteiger partial charge in [-0.1, -0.05) is 48.5 Å². The second-order valence-electron chi connectivity index (χ2n) is 8.73. The average molecular weight is 510 g/mol. The molecule has 9 nitrogen and oxygen atoms in total. The van der Waals surface area contributed by atoms with Crippen LogP contribution in [0.1, 0.15) is 37.5 Å². The Balaban J connectivity index is 1.44. The number of imide groups is 1. The number of hydrogen-bond acceptors (Lipinski definition) is 6. The number of nitrogens with zero attached hydrogens (tertiary/aromatic N) is 3. The molecule has 0 N–H and O–H groups in total. The molecule has 5 rings (SSSR count). The van der Waals surface area contributed by atoms with Crippen molar-refractivity contribution in [3.8, 4) is 5.75 Å². The predicted octanol–water partition coefficient (Wildman–Crippen LogP) is 5.09. The van der Waals surface area contributed by atoms with Crippen molar-refractivity contribution in [1.29, 1.82) is 0 Å². The third kappa shape index (κ3) is 4.24. The number of rotatable bonds is 8. The molecule has 0 unspecified atom stereocenters. The third-order valence-corrected chi connectivity index (χ3v) is 6.57. The molecule has 1 aliphatic heterocycles. The molecule has 38 heavy (non-hydrogen) atoms. The Morgan fingerprint density at radius 3 is 2.18 bits per heavy atom. The minimum absolute atomic E-state index is 0.0538. The molecule has 190 valence electrons. The van der Waals surface area contributed by atoms with Crippen LogP contribution in [-0.4, -0.2) is 47.7 Å². The van der Waals surface area contributed by atoms with E-state index in [4.69, 9.17) is 4.74 Å². The van der Waals surface area contributed by atoms with E-state index in [1.807, 2.05) is 12.1 Å². The summed E-state index contributed by atoms with van der Waals surface area (Å²) in [4.78, 5) is 53.8. The Hall–Kier alpha value is -5.05. The van der Waals surface area contributed by atoms with E-state index in [2.05, 4.69) is 0 Å². The van der Waals surface area contributed by atoms with Crippen molar-refractivity contribution < 1.29 is 24.0 Å². The first-order valence-electron chi connectivity index (χ1n) is 12.0. The summed E-state index contributed by atoms with van der Waals surface area (Å²) in [5.74, 6) is -0.972. The zero-order valence-electron chi connectivity index (χ0n) is 20.5. The molecule has 1 aliphatic rings. The van der Waals surface area contributed by atoms with Crippen LogP contribution in [0.2, 0.25) is 0 Å². The molecule has 0 spiro atoms. The average Bonchev–Trinajstić information content (AvgIpc) is 2.95. The van der Waals surface area contributed by atoms with Gasteiger partial charge >= 0.3 is 0 Å². The van der Waals surface area contributed by atoms with Gasteiger partial charge in [0.1, 0.15) is 11.3 Å². The lowest BCUT2D eigenvalue weighted by Crippen LogP contribution is -2.42. The van der Waals surface area contributed by atoms with Crippen LogP contribution in [-0.2, 0) is 0 Å². The molecule has 0 saturated carbocycles. The SMILES string of the molecule is COc1ccccc1N(CCCN1C(=O)c2cccc3cccc(c23)C1=O)C(=O)c1ccccc1[N+](=O)[O-]. The van der Waals surface area contributed by atoms with Gasteiger partial charge in [-0.15, -0.1) is 0 Å². The van der Waals surface area contributed by atoms with E-state index in [9.17, 15) is 24.5 Å². The van der Waals surface area contributed by atoms with E-state index in [-0.39, 0.29) is 30.8 Å². The van der Waals surface area contributed by atoms with Crippen molar-refractivity contribution >= 4 is 39.9 Å². The molecule has 0 fully saturated rings. The van der Waals surface area contributed by atoms with E-state index in [0.717, 1.165) is 5.39 Å². The van der Waals surface area contributed by atoms with Gasteiger partial charge in [-0.05, 0) is 42.1 Å². The van der Waals surface area contributed by atoms with E-state index < -0.39 is 22.6 Å². The number of benzene rings is 4. The van der Waals surface area contributed by atoms with E-state index in [1.54, 1.807) is 54.6 Å². The lowest BCUT2D eigenvalue weighted by molar-refractivity contribution is -0.385. The highest BCUT2D eigenvalue weighted by molar-refractivity contribution is 6.25. The summed E-state index contributed by atoms with van der Waals surface area (Å²) in [6.07, 6.45) is 0.236. The maximum atomic E-state index is 13.7. The maximum Gasteiger partial charge on any atom is 0.282 e. The highest BCUT2D eigenvalue weighted by atomic mass is 16.6. The number of nitro benzene ring substituents is 1. The van der Waals surface area contributed by atoms with Gasteiger partial charge in [0.25, 0.3) is 23.4 Å². The largest absolute Gasteiger partial charge is 0.495 e. The quantitative estimate of drug-likeness (QED) is 0.186. The van der Waals surface area contributed by atoms with Gasteiger partial charge in [-0.2, -0.15) is 0 Å². The van der Waals surface area contributed by atoms with Crippen LogP contribution in [0, 0.1) is 10.1 Å². The van der Waals surface area contributed by atoms with Gasteiger partial charge in [0.2, 0.25) is 0 Å². The highest BCUT2D eigenvalue weighted by Crippen LogP contribution is 2.32. The molecule has 0 radical (unpaired) electrons.